The van der Waals surface area contributed by atoms with E-state index < -0.39 is 0 Å². The standard InChI is InChI=1S/C15H18O3/c1-3-18-15(16)10-11-6-4-8-13-12(11)7-5-9-14(13)17-2/h5,7,9-10H,3-4,6,8H2,1-2H3/b11-10+. The fourth-order valence-electron chi connectivity index (χ4n) is 2.38. The molecule has 96 valence electrons. The molecule has 2 rings (SSSR count). The third-order valence-electron chi connectivity index (χ3n) is 3.15. The molecule has 0 saturated carbocycles. The van der Waals surface area contributed by atoms with Crippen LogP contribution in [0.3, 0.4) is 0 Å². The van der Waals surface area contributed by atoms with Crippen molar-refractivity contribution in [3.63, 3.8) is 0 Å². The van der Waals surface area contributed by atoms with Crippen molar-refractivity contribution >= 4 is 11.5 Å². The number of carbonyl (C=O) groups is 1. The molecule has 1 aliphatic carbocycles. The molecule has 3 nitrogen and oxygen atoms in total. The molecule has 1 aromatic carbocycles. The minimum atomic E-state index is -0.261. The molecule has 0 bridgehead atoms. The van der Waals surface area contributed by atoms with Gasteiger partial charge in [0.15, 0.2) is 0 Å². The van der Waals surface area contributed by atoms with Gasteiger partial charge in [-0.25, -0.2) is 4.79 Å². The van der Waals surface area contributed by atoms with Gasteiger partial charge in [0.25, 0.3) is 0 Å². The van der Waals surface area contributed by atoms with Crippen LogP contribution in [0.4, 0.5) is 0 Å². The predicted octanol–water partition coefficient (Wildman–Crippen LogP) is 2.98. The van der Waals surface area contributed by atoms with Crippen molar-refractivity contribution in [3.05, 3.63) is 35.4 Å². The number of esters is 1. The zero-order valence-electron chi connectivity index (χ0n) is 10.9. The van der Waals surface area contributed by atoms with Crippen LogP contribution < -0.4 is 4.74 Å². The van der Waals surface area contributed by atoms with Gasteiger partial charge in [-0.2, -0.15) is 0 Å². The van der Waals surface area contributed by atoms with Crippen molar-refractivity contribution in [2.45, 2.75) is 26.2 Å². The molecule has 0 atom stereocenters. The first kappa shape index (κ1) is 12.7. The van der Waals surface area contributed by atoms with Crippen LogP contribution in [0.15, 0.2) is 24.3 Å². The van der Waals surface area contributed by atoms with E-state index in [4.69, 9.17) is 9.47 Å². The maximum Gasteiger partial charge on any atom is 0.331 e. The molecule has 0 aliphatic heterocycles. The molecule has 1 aromatic rings. The number of ether oxygens (including phenoxy) is 2. The molecule has 1 aliphatic rings. The lowest BCUT2D eigenvalue weighted by Crippen LogP contribution is -2.07. The molecule has 0 unspecified atom stereocenters. The topological polar surface area (TPSA) is 35.5 Å². The molecule has 18 heavy (non-hydrogen) atoms. The van der Waals surface area contributed by atoms with Crippen molar-refractivity contribution < 1.29 is 14.3 Å². The van der Waals surface area contributed by atoms with Crippen LogP contribution in [0.1, 0.15) is 30.9 Å². The SMILES string of the molecule is CCOC(=O)/C=C1\CCCc2c(OC)cccc21. The van der Waals surface area contributed by atoms with Crippen molar-refractivity contribution in [3.8, 4) is 5.75 Å². The molecular weight excluding hydrogens is 228 g/mol. The second-order valence-electron chi connectivity index (χ2n) is 4.26. The van der Waals surface area contributed by atoms with E-state index in [-0.39, 0.29) is 5.97 Å². The Labute approximate surface area is 107 Å². The van der Waals surface area contributed by atoms with Crippen LogP contribution in [-0.2, 0) is 16.0 Å². The number of fused-ring (bicyclic) bond motifs is 1. The van der Waals surface area contributed by atoms with Crippen LogP contribution in [0.5, 0.6) is 5.75 Å². The lowest BCUT2D eigenvalue weighted by molar-refractivity contribution is -0.137. The van der Waals surface area contributed by atoms with E-state index in [1.807, 2.05) is 25.1 Å². The Hall–Kier alpha value is -1.77. The van der Waals surface area contributed by atoms with Gasteiger partial charge in [0.2, 0.25) is 0 Å². The fourth-order valence-corrected chi connectivity index (χ4v) is 2.38. The summed E-state index contributed by atoms with van der Waals surface area (Å²) in [5, 5.41) is 0. The van der Waals surface area contributed by atoms with Crippen LogP contribution in [0.25, 0.3) is 5.57 Å². The number of rotatable bonds is 3. The van der Waals surface area contributed by atoms with Gasteiger partial charge in [-0.15, -0.1) is 0 Å². The lowest BCUT2D eigenvalue weighted by atomic mass is 9.86. The summed E-state index contributed by atoms with van der Waals surface area (Å²) in [5.41, 5.74) is 3.36. The van der Waals surface area contributed by atoms with Gasteiger partial charge in [0.1, 0.15) is 5.75 Å². The fraction of sp³-hybridized carbons (Fsp3) is 0.400. The highest BCUT2D eigenvalue weighted by atomic mass is 16.5. The highest BCUT2D eigenvalue weighted by Gasteiger charge is 2.18. The average molecular weight is 246 g/mol. The number of allylic oxidation sites excluding steroid dienone is 1. The summed E-state index contributed by atoms with van der Waals surface area (Å²) in [6.45, 7) is 2.22. The Kier molecular flexibility index (Phi) is 4.03. The molecule has 0 N–H and O–H groups in total. The number of hydrogen-bond donors (Lipinski definition) is 0. The van der Waals surface area contributed by atoms with Gasteiger partial charge in [-0.05, 0) is 43.4 Å². The first-order valence-electron chi connectivity index (χ1n) is 6.29. The Morgan fingerprint density at radius 3 is 2.94 bits per heavy atom. The van der Waals surface area contributed by atoms with E-state index in [9.17, 15) is 4.79 Å². The van der Waals surface area contributed by atoms with Gasteiger partial charge in [-0.1, -0.05) is 12.1 Å². The quantitative estimate of drug-likeness (QED) is 0.607. The van der Waals surface area contributed by atoms with Crippen LogP contribution >= 0.6 is 0 Å². The highest BCUT2D eigenvalue weighted by Crippen LogP contribution is 2.35. The number of methoxy groups -OCH3 is 1. The highest BCUT2D eigenvalue weighted by molar-refractivity contribution is 5.92. The third-order valence-corrected chi connectivity index (χ3v) is 3.15. The number of benzene rings is 1. The van der Waals surface area contributed by atoms with Crippen molar-refractivity contribution in [2.24, 2.45) is 0 Å². The zero-order valence-corrected chi connectivity index (χ0v) is 10.9. The lowest BCUT2D eigenvalue weighted by Gasteiger charge is -2.21. The summed E-state index contributed by atoms with van der Waals surface area (Å²) in [5.74, 6) is 0.644. The van der Waals surface area contributed by atoms with Crippen molar-refractivity contribution in [1.29, 1.82) is 0 Å². The number of carbonyl (C=O) groups excluding carboxylic acids is 1. The van der Waals surface area contributed by atoms with E-state index in [2.05, 4.69) is 0 Å². The van der Waals surface area contributed by atoms with Gasteiger partial charge in [-0.3, -0.25) is 0 Å². The molecule has 0 amide bonds. The molecule has 0 fully saturated rings. The molecular formula is C15H18O3. The number of hydrogen-bond acceptors (Lipinski definition) is 3. The van der Waals surface area contributed by atoms with Gasteiger partial charge in [0, 0.05) is 11.6 Å². The van der Waals surface area contributed by atoms with E-state index in [0.29, 0.717) is 6.61 Å². The minimum absolute atomic E-state index is 0.261. The van der Waals surface area contributed by atoms with E-state index in [1.54, 1.807) is 13.2 Å². The maximum absolute atomic E-state index is 11.5. The largest absolute Gasteiger partial charge is 0.496 e. The third kappa shape index (κ3) is 2.55. The molecule has 0 saturated heterocycles. The summed E-state index contributed by atoms with van der Waals surface area (Å²) in [4.78, 5) is 11.5. The Bertz CT molecular complexity index is 475. The average Bonchev–Trinajstić information content (AvgIpc) is 2.38. The second-order valence-corrected chi connectivity index (χ2v) is 4.26. The van der Waals surface area contributed by atoms with E-state index >= 15 is 0 Å². The first-order chi connectivity index (χ1) is 8.76. The van der Waals surface area contributed by atoms with Gasteiger partial charge >= 0.3 is 5.97 Å². The van der Waals surface area contributed by atoms with Crippen LogP contribution in [0, 0.1) is 0 Å². The summed E-state index contributed by atoms with van der Waals surface area (Å²) < 4.78 is 10.3. The summed E-state index contributed by atoms with van der Waals surface area (Å²) in [6, 6.07) is 5.97. The Morgan fingerprint density at radius 2 is 2.22 bits per heavy atom. The summed E-state index contributed by atoms with van der Waals surface area (Å²) >= 11 is 0. The van der Waals surface area contributed by atoms with Gasteiger partial charge < -0.3 is 9.47 Å². The van der Waals surface area contributed by atoms with E-state index in [0.717, 1.165) is 36.1 Å². The van der Waals surface area contributed by atoms with Crippen molar-refractivity contribution in [2.75, 3.05) is 13.7 Å². The van der Waals surface area contributed by atoms with Gasteiger partial charge in [0.05, 0.1) is 13.7 Å². The molecule has 0 radical (unpaired) electrons. The Balaban J connectivity index is 2.36. The Morgan fingerprint density at radius 1 is 1.39 bits per heavy atom. The minimum Gasteiger partial charge on any atom is -0.496 e. The zero-order chi connectivity index (χ0) is 13.0. The molecule has 3 heteroatoms. The van der Waals surface area contributed by atoms with Crippen LogP contribution in [0.2, 0.25) is 0 Å². The first-order valence-corrected chi connectivity index (χ1v) is 6.29. The predicted molar refractivity (Wildman–Crippen MR) is 70.5 cm³/mol. The second kappa shape index (κ2) is 5.71. The normalized spacial score (nSPS) is 16.2. The summed E-state index contributed by atoms with van der Waals surface area (Å²) in [7, 11) is 1.68. The summed E-state index contributed by atoms with van der Waals surface area (Å²) in [6.07, 6.45) is 4.57. The monoisotopic (exact) mass is 246 g/mol. The van der Waals surface area contributed by atoms with Crippen LogP contribution in [-0.4, -0.2) is 19.7 Å². The van der Waals surface area contributed by atoms with Crippen molar-refractivity contribution in [1.82, 2.24) is 0 Å². The molecule has 0 spiro atoms. The van der Waals surface area contributed by atoms with E-state index in [1.165, 1.54) is 5.56 Å². The maximum atomic E-state index is 11.5. The smallest absolute Gasteiger partial charge is 0.331 e. The molecule has 0 aromatic heterocycles. The molecule has 0 heterocycles.